The molecule has 1 aromatic rings. The Balaban J connectivity index is 2.18. The topological polar surface area (TPSA) is 27.1 Å². The van der Waals surface area contributed by atoms with Crippen molar-refractivity contribution < 1.29 is 4.74 Å². The Morgan fingerprint density at radius 1 is 1.75 bits per heavy atom. The van der Waals surface area contributed by atoms with E-state index in [4.69, 9.17) is 16.3 Å². The third kappa shape index (κ3) is 1.23. The Hall–Kier alpha value is -0.540. The molecule has 1 saturated carbocycles. The minimum Gasteiger partial charge on any atom is -0.382 e. The Labute approximate surface area is 76.3 Å². The number of aromatic nitrogens is 2. The molecule has 0 bridgehead atoms. The summed E-state index contributed by atoms with van der Waals surface area (Å²) in [5.74, 6) is 0. The van der Waals surface area contributed by atoms with Gasteiger partial charge in [0.2, 0.25) is 0 Å². The zero-order valence-electron chi connectivity index (χ0n) is 6.96. The molecule has 66 valence electrons. The molecule has 0 radical (unpaired) electrons. The van der Waals surface area contributed by atoms with Crippen molar-refractivity contribution in [2.75, 3.05) is 13.7 Å². The summed E-state index contributed by atoms with van der Waals surface area (Å²) in [7, 11) is 1.71. The van der Waals surface area contributed by atoms with Crippen molar-refractivity contribution in [1.29, 1.82) is 0 Å². The standard InChI is InChI=1S/C8H11ClN2O/c1-12-6-8(2-3-8)11-5-7(9)4-10-11/h4-5H,2-3,6H2,1H3. The fraction of sp³-hybridized carbons (Fsp3) is 0.625. The molecule has 3 nitrogen and oxygen atoms in total. The van der Waals surface area contributed by atoms with E-state index in [2.05, 4.69) is 5.10 Å². The van der Waals surface area contributed by atoms with E-state index in [0.717, 1.165) is 19.4 Å². The van der Waals surface area contributed by atoms with Gasteiger partial charge < -0.3 is 4.74 Å². The van der Waals surface area contributed by atoms with Gasteiger partial charge in [-0.15, -0.1) is 0 Å². The van der Waals surface area contributed by atoms with Gasteiger partial charge in [-0.3, -0.25) is 4.68 Å². The normalized spacial score (nSPS) is 19.5. The zero-order chi connectivity index (χ0) is 8.60. The molecule has 4 heteroatoms. The molecule has 1 aliphatic carbocycles. The average Bonchev–Trinajstić information content (AvgIpc) is 2.69. The molecule has 0 unspecified atom stereocenters. The smallest absolute Gasteiger partial charge is 0.0862 e. The van der Waals surface area contributed by atoms with E-state index in [1.54, 1.807) is 13.3 Å². The molecular formula is C8H11ClN2O. The highest BCUT2D eigenvalue weighted by Crippen LogP contribution is 2.43. The predicted octanol–water partition coefficient (Wildman–Crippen LogP) is 1.67. The number of ether oxygens (including phenoxy) is 1. The van der Waals surface area contributed by atoms with Crippen molar-refractivity contribution >= 4 is 11.6 Å². The Bertz CT molecular complexity index is 280. The van der Waals surface area contributed by atoms with E-state index in [-0.39, 0.29) is 5.54 Å². The molecule has 0 aromatic carbocycles. The summed E-state index contributed by atoms with van der Waals surface area (Å²) in [6.07, 6.45) is 5.79. The van der Waals surface area contributed by atoms with Gasteiger partial charge in [-0.25, -0.2) is 0 Å². The van der Waals surface area contributed by atoms with Gasteiger partial charge in [0.15, 0.2) is 0 Å². The molecule has 2 rings (SSSR count). The monoisotopic (exact) mass is 186 g/mol. The maximum Gasteiger partial charge on any atom is 0.0862 e. The molecule has 0 spiro atoms. The number of halogens is 1. The van der Waals surface area contributed by atoms with Gasteiger partial charge in [-0.1, -0.05) is 11.6 Å². The molecule has 0 amide bonds. The number of nitrogens with zero attached hydrogens (tertiary/aromatic N) is 2. The first-order valence-corrected chi connectivity index (χ1v) is 4.34. The number of hydrogen-bond donors (Lipinski definition) is 0. The number of rotatable bonds is 3. The van der Waals surface area contributed by atoms with E-state index in [0.29, 0.717) is 5.02 Å². The van der Waals surface area contributed by atoms with E-state index in [1.165, 1.54) is 0 Å². The van der Waals surface area contributed by atoms with Crippen molar-refractivity contribution in [2.24, 2.45) is 0 Å². The summed E-state index contributed by atoms with van der Waals surface area (Å²) in [6.45, 7) is 0.727. The quantitative estimate of drug-likeness (QED) is 0.718. The summed E-state index contributed by atoms with van der Waals surface area (Å²) < 4.78 is 7.04. The first-order valence-electron chi connectivity index (χ1n) is 3.96. The van der Waals surface area contributed by atoms with Crippen LogP contribution in [-0.2, 0) is 10.3 Å². The van der Waals surface area contributed by atoms with E-state index in [1.807, 2.05) is 10.9 Å². The van der Waals surface area contributed by atoms with Crippen LogP contribution in [0.25, 0.3) is 0 Å². The van der Waals surface area contributed by atoms with Crippen molar-refractivity contribution in [3.05, 3.63) is 17.4 Å². The minimum atomic E-state index is 0.113. The van der Waals surface area contributed by atoms with Crippen LogP contribution in [0.1, 0.15) is 12.8 Å². The van der Waals surface area contributed by atoms with Gasteiger partial charge in [0.05, 0.1) is 23.4 Å². The van der Waals surface area contributed by atoms with Gasteiger partial charge in [0.25, 0.3) is 0 Å². The summed E-state index contributed by atoms with van der Waals surface area (Å²) >= 11 is 5.77. The second-order valence-corrected chi connectivity index (χ2v) is 3.70. The maximum atomic E-state index is 5.77. The highest BCUT2D eigenvalue weighted by Gasteiger charge is 2.45. The van der Waals surface area contributed by atoms with Crippen LogP contribution in [0.4, 0.5) is 0 Å². The van der Waals surface area contributed by atoms with Gasteiger partial charge in [-0.2, -0.15) is 5.10 Å². The molecular weight excluding hydrogens is 176 g/mol. The first-order chi connectivity index (χ1) is 5.77. The number of methoxy groups -OCH3 is 1. The molecule has 1 heterocycles. The fourth-order valence-electron chi connectivity index (χ4n) is 1.41. The van der Waals surface area contributed by atoms with Crippen LogP contribution in [0, 0.1) is 0 Å². The summed E-state index contributed by atoms with van der Waals surface area (Å²) in [5, 5.41) is 4.87. The third-order valence-corrected chi connectivity index (χ3v) is 2.47. The summed E-state index contributed by atoms with van der Waals surface area (Å²) in [4.78, 5) is 0. The molecule has 1 fully saturated rings. The third-order valence-electron chi connectivity index (χ3n) is 2.28. The van der Waals surface area contributed by atoms with Crippen LogP contribution < -0.4 is 0 Å². The van der Waals surface area contributed by atoms with Crippen molar-refractivity contribution in [1.82, 2.24) is 9.78 Å². The van der Waals surface area contributed by atoms with Crippen LogP contribution in [0.2, 0.25) is 5.02 Å². The fourth-order valence-corrected chi connectivity index (χ4v) is 1.55. The summed E-state index contributed by atoms with van der Waals surface area (Å²) in [5.41, 5.74) is 0.113. The van der Waals surface area contributed by atoms with Gasteiger partial charge in [0, 0.05) is 13.3 Å². The van der Waals surface area contributed by atoms with Gasteiger partial charge in [0.1, 0.15) is 0 Å². The van der Waals surface area contributed by atoms with E-state index < -0.39 is 0 Å². The second-order valence-electron chi connectivity index (χ2n) is 3.26. The summed E-state index contributed by atoms with van der Waals surface area (Å²) in [6, 6.07) is 0. The molecule has 0 saturated heterocycles. The molecule has 1 aromatic heterocycles. The lowest BCUT2D eigenvalue weighted by molar-refractivity contribution is 0.137. The SMILES string of the molecule is COCC1(n2cc(Cl)cn2)CC1. The lowest BCUT2D eigenvalue weighted by Gasteiger charge is -2.13. The second kappa shape index (κ2) is 2.75. The van der Waals surface area contributed by atoms with Crippen LogP contribution in [-0.4, -0.2) is 23.5 Å². The zero-order valence-corrected chi connectivity index (χ0v) is 7.71. The minimum absolute atomic E-state index is 0.113. The lowest BCUT2D eigenvalue weighted by Crippen LogP contribution is -2.23. The van der Waals surface area contributed by atoms with Crippen molar-refractivity contribution in [3.63, 3.8) is 0 Å². The molecule has 1 aliphatic rings. The molecule has 0 atom stereocenters. The predicted molar refractivity (Wildman–Crippen MR) is 46.3 cm³/mol. The Morgan fingerprint density at radius 2 is 2.50 bits per heavy atom. The van der Waals surface area contributed by atoms with Crippen LogP contribution in [0.5, 0.6) is 0 Å². The molecule has 0 N–H and O–H groups in total. The van der Waals surface area contributed by atoms with Gasteiger partial charge in [-0.05, 0) is 12.8 Å². The molecule has 12 heavy (non-hydrogen) atoms. The highest BCUT2D eigenvalue weighted by atomic mass is 35.5. The Kier molecular flexibility index (Phi) is 1.85. The van der Waals surface area contributed by atoms with Crippen molar-refractivity contribution in [3.8, 4) is 0 Å². The Morgan fingerprint density at radius 3 is 2.92 bits per heavy atom. The molecule has 0 aliphatic heterocycles. The largest absolute Gasteiger partial charge is 0.382 e. The van der Waals surface area contributed by atoms with Crippen LogP contribution >= 0.6 is 11.6 Å². The van der Waals surface area contributed by atoms with E-state index >= 15 is 0 Å². The van der Waals surface area contributed by atoms with Gasteiger partial charge >= 0.3 is 0 Å². The van der Waals surface area contributed by atoms with Crippen LogP contribution in [0.15, 0.2) is 12.4 Å². The maximum absolute atomic E-state index is 5.77. The van der Waals surface area contributed by atoms with E-state index in [9.17, 15) is 0 Å². The first kappa shape index (κ1) is 8.08. The number of hydrogen-bond acceptors (Lipinski definition) is 2. The average molecular weight is 187 g/mol. The lowest BCUT2D eigenvalue weighted by atomic mass is 10.3. The van der Waals surface area contributed by atoms with Crippen LogP contribution in [0.3, 0.4) is 0 Å². The van der Waals surface area contributed by atoms with Crippen molar-refractivity contribution in [2.45, 2.75) is 18.4 Å². The highest BCUT2D eigenvalue weighted by molar-refractivity contribution is 6.30.